The van der Waals surface area contributed by atoms with Gasteiger partial charge in [0.25, 0.3) is 0 Å². The molecule has 2 rings (SSSR count). The third kappa shape index (κ3) is 2.58. The maximum absolute atomic E-state index is 9.31. The van der Waals surface area contributed by atoms with Gasteiger partial charge in [-0.1, -0.05) is 19.1 Å². The molecule has 2 N–H and O–H groups in total. The third-order valence-electron chi connectivity index (χ3n) is 2.66. The molecule has 1 unspecified atom stereocenters. The Balaban J connectivity index is 2.35. The van der Waals surface area contributed by atoms with Crippen LogP contribution in [0.1, 0.15) is 20.3 Å². The Hall–Kier alpha value is -1.55. The van der Waals surface area contributed by atoms with Crippen molar-refractivity contribution in [1.29, 1.82) is 0 Å². The molecule has 0 aliphatic carbocycles. The van der Waals surface area contributed by atoms with Crippen molar-refractivity contribution >= 4 is 17.0 Å². The van der Waals surface area contributed by atoms with Gasteiger partial charge in [0.1, 0.15) is 0 Å². The van der Waals surface area contributed by atoms with Crippen molar-refractivity contribution in [1.82, 2.24) is 9.55 Å². The summed E-state index contributed by atoms with van der Waals surface area (Å²) < 4.78 is 2.16. The smallest absolute Gasteiger partial charge is 0.203 e. The van der Waals surface area contributed by atoms with Crippen LogP contribution in [-0.4, -0.2) is 27.3 Å². The van der Waals surface area contributed by atoms with E-state index in [1.54, 1.807) is 6.92 Å². The van der Waals surface area contributed by atoms with E-state index < -0.39 is 0 Å². The van der Waals surface area contributed by atoms with Crippen LogP contribution < -0.4 is 5.32 Å². The van der Waals surface area contributed by atoms with Gasteiger partial charge in [-0.25, -0.2) is 4.98 Å². The minimum Gasteiger partial charge on any atom is -0.392 e. The first-order valence-electron chi connectivity index (χ1n) is 6.09. The van der Waals surface area contributed by atoms with E-state index in [1.165, 1.54) is 0 Å². The lowest BCUT2D eigenvalue weighted by atomic mass is 10.3. The summed E-state index contributed by atoms with van der Waals surface area (Å²) in [5.74, 6) is 0.842. The van der Waals surface area contributed by atoms with Gasteiger partial charge in [-0.15, -0.1) is 0 Å². The van der Waals surface area contributed by atoms with E-state index in [-0.39, 0.29) is 6.10 Å². The second-order valence-corrected chi connectivity index (χ2v) is 4.31. The summed E-state index contributed by atoms with van der Waals surface area (Å²) in [7, 11) is 0. The lowest BCUT2D eigenvalue weighted by Crippen LogP contribution is -2.18. The molecule has 2 aromatic rings. The molecule has 0 saturated carbocycles. The maximum atomic E-state index is 9.31. The summed E-state index contributed by atoms with van der Waals surface area (Å²) in [6.07, 6.45) is 0.689. The van der Waals surface area contributed by atoms with Crippen LogP contribution in [0, 0.1) is 0 Å². The van der Waals surface area contributed by atoms with Crippen molar-refractivity contribution in [2.75, 3.05) is 11.9 Å². The van der Waals surface area contributed by atoms with E-state index in [1.807, 2.05) is 18.2 Å². The zero-order valence-corrected chi connectivity index (χ0v) is 10.3. The number of fused-ring (bicyclic) bond motifs is 1. The van der Waals surface area contributed by atoms with Crippen molar-refractivity contribution in [3.05, 3.63) is 24.3 Å². The fourth-order valence-corrected chi connectivity index (χ4v) is 1.90. The van der Waals surface area contributed by atoms with Crippen LogP contribution in [0.3, 0.4) is 0 Å². The Morgan fingerprint density at radius 3 is 2.88 bits per heavy atom. The number of rotatable bonds is 5. The number of para-hydroxylation sites is 2. The second-order valence-electron chi connectivity index (χ2n) is 4.31. The first-order valence-corrected chi connectivity index (χ1v) is 6.09. The average Bonchev–Trinajstić information content (AvgIpc) is 2.66. The molecular formula is C13H19N3O. The largest absolute Gasteiger partial charge is 0.392 e. The van der Waals surface area contributed by atoms with Gasteiger partial charge < -0.3 is 15.0 Å². The van der Waals surface area contributed by atoms with Gasteiger partial charge in [0, 0.05) is 13.1 Å². The highest BCUT2D eigenvalue weighted by Crippen LogP contribution is 2.19. The van der Waals surface area contributed by atoms with Gasteiger partial charge >= 0.3 is 0 Å². The molecule has 0 saturated heterocycles. The van der Waals surface area contributed by atoms with E-state index in [4.69, 9.17) is 0 Å². The molecule has 4 nitrogen and oxygen atoms in total. The molecule has 0 bridgehead atoms. The highest BCUT2D eigenvalue weighted by Gasteiger charge is 2.09. The Bertz CT molecular complexity index is 490. The molecule has 1 aromatic carbocycles. The summed E-state index contributed by atoms with van der Waals surface area (Å²) in [4.78, 5) is 4.54. The number of aliphatic hydroxyl groups excluding tert-OH is 1. The van der Waals surface area contributed by atoms with Crippen LogP contribution in [0.2, 0.25) is 0 Å². The van der Waals surface area contributed by atoms with Crippen LogP contribution in [0.4, 0.5) is 5.95 Å². The molecule has 0 aliphatic heterocycles. The SMILES string of the molecule is CCCn1c(NCC(C)O)nc2ccccc21. The molecule has 0 spiro atoms. The number of nitrogens with zero attached hydrogens (tertiary/aromatic N) is 2. The topological polar surface area (TPSA) is 50.1 Å². The van der Waals surface area contributed by atoms with Crippen molar-refractivity contribution in [2.45, 2.75) is 32.9 Å². The fraction of sp³-hybridized carbons (Fsp3) is 0.462. The first kappa shape index (κ1) is 11.9. The number of aryl methyl sites for hydroxylation is 1. The molecule has 1 aromatic heterocycles. The van der Waals surface area contributed by atoms with E-state index >= 15 is 0 Å². The van der Waals surface area contributed by atoms with Crippen LogP contribution in [-0.2, 0) is 6.54 Å². The number of hydrogen-bond acceptors (Lipinski definition) is 3. The second kappa shape index (κ2) is 5.19. The van der Waals surface area contributed by atoms with Gasteiger partial charge in [0.2, 0.25) is 5.95 Å². The Labute approximate surface area is 101 Å². The minimum atomic E-state index is -0.370. The molecule has 4 heteroatoms. The summed E-state index contributed by atoms with van der Waals surface area (Å²) in [5, 5.41) is 12.5. The Morgan fingerprint density at radius 1 is 1.41 bits per heavy atom. The molecule has 0 fully saturated rings. The molecule has 92 valence electrons. The fourth-order valence-electron chi connectivity index (χ4n) is 1.90. The Kier molecular flexibility index (Phi) is 3.64. The highest BCUT2D eigenvalue weighted by molar-refractivity contribution is 5.78. The normalized spacial score (nSPS) is 12.9. The summed E-state index contributed by atoms with van der Waals surface area (Å²) in [5.41, 5.74) is 2.14. The third-order valence-corrected chi connectivity index (χ3v) is 2.66. The summed E-state index contributed by atoms with van der Waals surface area (Å²) in [6.45, 7) is 5.36. The van der Waals surface area contributed by atoms with Gasteiger partial charge in [0.05, 0.1) is 17.1 Å². The maximum Gasteiger partial charge on any atom is 0.203 e. The number of anilines is 1. The molecular weight excluding hydrogens is 214 g/mol. The number of imidazole rings is 1. The summed E-state index contributed by atoms with van der Waals surface area (Å²) in [6, 6.07) is 8.10. The van der Waals surface area contributed by atoms with Gasteiger partial charge in [-0.2, -0.15) is 0 Å². The first-order chi connectivity index (χ1) is 8.22. The zero-order chi connectivity index (χ0) is 12.3. The molecule has 0 aliphatic rings. The minimum absolute atomic E-state index is 0.370. The Morgan fingerprint density at radius 2 is 2.18 bits per heavy atom. The van der Waals surface area contributed by atoms with E-state index in [9.17, 15) is 5.11 Å². The number of aliphatic hydroxyl groups is 1. The molecule has 17 heavy (non-hydrogen) atoms. The number of nitrogens with one attached hydrogen (secondary N) is 1. The molecule has 0 radical (unpaired) electrons. The predicted molar refractivity (Wildman–Crippen MR) is 70.2 cm³/mol. The van der Waals surface area contributed by atoms with Crippen molar-refractivity contribution < 1.29 is 5.11 Å². The lowest BCUT2D eigenvalue weighted by molar-refractivity contribution is 0.208. The molecule has 0 amide bonds. The number of hydrogen-bond donors (Lipinski definition) is 2. The van der Waals surface area contributed by atoms with Crippen molar-refractivity contribution in [3.8, 4) is 0 Å². The van der Waals surface area contributed by atoms with Gasteiger partial charge in [0.15, 0.2) is 0 Å². The highest BCUT2D eigenvalue weighted by atomic mass is 16.3. The lowest BCUT2D eigenvalue weighted by Gasteiger charge is -2.10. The van der Waals surface area contributed by atoms with Crippen molar-refractivity contribution in [2.24, 2.45) is 0 Å². The standard InChI is InChI=1S/C13H19N3O/c1-3-8-16-12-7-5-4-6-11(12)15-13(16)14-9-10(2)17/h4-7,10,17H,3,8-9H2,1-2H3,(H,14,15). The van der Waals surface area contributed by atoms with E-state index in [0.29, 0.717) is 6.54 Å². The number of aromatic nitrogens is 2. The monoisotopic (exact) mass is 233 g/mol. The van der Waals surface area contributed by atoms with E-state index in [2.05, 4.69) is 27.9 Å². The van der Waals surface area contributed by atoms with Crippen LogP contribution >= 0.6 is 0 Å². The van der Waals surface area contributed by atoms with Gasteiger partial charge in [-0.3, -0.25) is 0 Å². The summed E-state index contributed by atoms with van der Waals surface area (Å²) >= 11 is 0. The average molecular weight is 233 g/mol. The van der Waals surface area contributed by atoms with Crippen molar-refractivity contribution in [3.63, 3.8) is 0 Å². The van der Waals surface area contributed by atoms with Crippen LogP contribution in [0.25, 0.3) is 11.0 Å². The van der Waals surface area contributed by atoms with Gasteiger partial charge in [-0.05, 0) is 25.5 Å². The van der Waals surface area contributed by atoms with Crippen LogP contribution in [0.5, 0.6) is 0 Å². The molecule has 1 atom stereocenters. The van der Waals surface area contributed by atoms with Crippen LogP contribution in [0.15, 0.2) is 24.3 Å². The predicted octanol–water partition coefficient (Wildman–Crippen LogP) is 2.24. The van der Waals surface area contributed by atoms with E-state index in [0.717, 1.165) is 29.9 Å². The quantitative estimate of drug-likeness (QED) is 0.832. The zero-order valence-electron chi connectivity index (χ0n) is 10.3. The number of benzene rings is 1. The molecule has 1 heterocycles.